The largest absolute Gasteiger partial charge is 0.280 e. The van der Waals surface area contributed by atoms with Gasteiger partial charge in [-0.2, -0.15) is 10.1 Å². The molecule has 2 aromatic heterocycles. The van der Waals surface area contributed by atoms with Crippen LogP contribution in [-0.2, 0) is 7.05 Å². The van der Waals surface area contributed by atoms with Gasteiger partial charge < -0.3 is 0 Å². The summed E-state index contributed by atoms with van der Waals surface area (Å²) in [4.78, 5) is 20.8. The van der Waals surface area contributed by atoms with Crippen molar-refractivity contribution in [1.82, 2.24) is 19.7 Å². The van der Waals surface area contributed by atoms with E-state index >= 15 is 0 Å². The quantitative estimate of drug-likeness (QED) is 0.771. The zero-order chi connectivity index (χ0) is 13.3. The number of hydrogen-bond donors (Lipinski definition) is 0. The van der Waals surface area contributed by atoms with Gasteiger partial charge in [0.25, 0.3) is 5.91 Å². The first-order chi connectivity index (χ1) is 8.52. The lowest BCUT2D eigenvalue weighted by Crippen LogP contribution is -2.30. The van der Waals surface area contributed by atoms with E-state index in [1.54, 1.807) is 7.05 Å². The van der Waals surface area contributed by atoms with E-state index in [-0.39, 0.29) is 16.7 Å². The molecule has 94 valence electrons. The fraction of sp³-hybridized carbons (Fsp3) is 0.200. The maximum atomic E-state index is 13.6. The van der Waals surface area contributed by atoms with Gasteiger partial charge in [0.2, 0.25) is 5.95 Å². The summed E-state index contributed by atoms with van der Waals surface area (Å²) in [5, 5.41) is 3.64. The molecule has 0 spiro atoms. The molecule has 0 unspecified atom stereocenters. The number of carbonyl (C=O) groups is 1. The van der Waals surface area contributed by atoms with Gasteiger partial charge in [0.1, 0.15) is 22.9 Å². The van der Waals surface area contributed by atoms with Crippen molar-refractivity contribution in [2.24, 2.45) is 7.05 Å². The molecule has 0 aromatic carbocycles. The topological polar surface area (TPSA) is 63.9 Å². The van der Waals surface area contributed by atoms with E-state index in [9.17, 15) is 9.18 Å². The van der Waals surface area contributed by atoms with Gasteiger partial charge in [0.05, 0.1) is 0 Å². The van der Waals surface area contributed by atoms with Crippen molar-refractivity contribution < 1.29 is 9.18 Å². The van der Waals surface area contributed by atoms with Crippen molar-refractivity contribution in [2.45, 2.75) is 0 Å². The molecule has 0 bridgehead atoms. The number of amides is 1. The van der Waals surface area contributed by atoms with E-state index in [2.05, 4.69) is 15.1 Å². The minimum atomic E-state index is -0.728. The second-order valence-electron chi connectivity index (χ2n) is 3.51. The number of halogens is 2. The van der Waals surface area contributed by atoms with Gasteiger partial charge in [-0.25, -0.2) is 14.1 Å². The van der Waals surface area contributed by atoms with E-state index in [0.717, 1.165) is 11.0 Å². The minimum absolute atomic E-state index is 0.186. The van der Waals surface area contributed by atoms with Crippen molar-refractivity contribution >= 4 is 23.5 Å². The number of aryl methyl sites for hydroxylation is 1. The number of carbonyl (C=O) groups excluding carboxylic acids is 1. The molecule has 2 rings (SSSR count). The van der Waals surface area contributed by atoms with E-state index in [0.29, 0.717) is 0 Å². The van der Waals surface area contributed by atoms with Crippen LogP contribution in [0.4, 0.5) is 10.3 Å². The third kappa shape index (κ3) is 2.04. The molecule has 8 heteroatoms. The summed E-state index contributed by atoms with van der Waals surface area (Å²) in [6.45, 7) is 0. The Morgan fingerprint density at radius 2 is 2.22 bits per heavy atom. The van der Waals surface area contributed by atoms with Gasteiger partial charge in [-0.3, -0.25) is 9.69 Å². The maximum Gasteiger partial charge on any atom is 0.266 e. The van der Waals surface area contributed by atoms with Crippen LogP contribution in [0.15, 0.2) is 18.6 Å². The fourth-order valence-corrected chi connectivity index (χ4v) is 1.68. The molecule has 0 N–H and O–H groups in total. The van der Waals surface area contributed by atoms with Crippen molar-refractivity contribution in [2.75, 3.05) is 11.9 Å². The van der Waals surface area contributed by atoms with Crippen LogP contribution in [0.1, 0.15) is 10.4 Å². The number of anilines is 1. The standard InChI is InChI=1S/C10H9ClFN5O/c1-16(10-14-5-15-17(10)2)9(18)7-6(12)3-4-13-8(7)11/h3-5H,1-2H3. The summed E-state index contributed by atoms with van der Waals surface area (Å²) in [5.41, 5.74) is -0.287. The van der Waals surface area contributed by atoms with Gasteiger partial charge in [-0.1, -0.05) is 11.6 Å². The first-order valence-corrected chi connectivity index (χ1v) is 5.32. The second kappa shape index (κ2) is 4.69. The smallest absolute Gasteiger partial charge is 0.266 e. The van der Waals surface area contributed by atoms with Crippen LogP contribution in [0.3, 0.4) is 0 Å². The Labute approximate surface area is 107 Å². The molecule has 6 nitrogen and oxygen atoms in total. The number of pyridine rings is 1. The van der Waals surface area contributed by atoms with Crippen molar-refractivity contribution in [3.05, 3.63) is 35.1 Å². The summed E-state index contributed by atoms with van der Waals surface area (Å²) < 4.78 is 15.0. The first kappa shape index (κ1) is 12.4. The Balaban J connectivity index is 2.41. The molecule has 0 aliphatic carbocycles. The van der Waals surface area contributed by atoms with Crippen LogP contribution < -0.4 is 4.90 Å². The number of aromatic nitrogens is 4. The average molecular weight is 270 g/mol. The van der Waals surface area contributed by atoms with Gasteiger partial charge in [-0.05, 0) is 6.07 Å². The lowest BCUT2D eigenvalue weighted by Gasteiger charge is -2.16. The molecule has 0 aliphatic heterocycles. The lowest BCUT2D eigenvalue weighted by atomic mass is 10.2. The normalized spacial score (nSPS) is 10.4. The predicted octanol–water partition coefficient (Wildman–Crippen LogP) is 1.28. The van der Waals surface area contributed by atoms with Crippen LogP contribution in [0.2, 0.25) is 5.15 Å². The van der Waals surface area contributed by atoms with E-state index < -0.39 is 11.7 Å². The highest BCUT2D eigenvalue weighted by Gasteiger charge is 2.23. The molecule has 0 fully saturated rings. The van der Waals surface area contributed by atoms with Crippen LogP contribution in [0, 0.1) is 5.82 Å². The third-order valence-corrected chi connectivity index (χ3v) is 2.65. The van der Waals surface area contributed by atoms with Crippen molar-refractivity contribution in [3.8, 4) is 0 Å². The Bertz CT molecular complexity index is 579. The molecule has 18 heavy (non-hydrogen) atoms. The summed E-state index contributed by atoms with van der Waals surface area (Å²) in [6.07, 6.45) is 2.48. The average Bonchev–Trinajstić information content (AvgIpc) is 2.74. The predicted molar refractivity (Wildman–Crippen MR) is 62.9 cm³/mol. The summed E-state index contributed by atoms with van der Waals surface area (Å²) in [7, 11) is 3.07. The molecule has 0 saturated carbocycles. The third-order valence-electron chi connectivity index (χ3n) is 2.36. The van der Waals surface area contributed by atoms with Crippen LogP contribution in [0.5, 0.6) is 0 Å². The summed E-state index contributed by atoms with van der Waals surface area (Å²) >= 11 is 5.73. The number of nitrogens with zero attached hydrogens (tertiary/aromatic N) is 5. The number of rotatable bonds is 2. The zero-order valence-corrected chi connectivity index (χ0v) is 10.4. The zero-order valence-electron chi connectivity index (χ0n) is 9.63. The van der Waals surface area contributed by atoms with Crippen LogP contribution >= 0.6 is 11.6 Å². The molecule has 2 aromatic rings. The van der Waals surface area contributed by atoms with Crippen LogP contribution in [0.25, 0.3) is 0 Å². The maximum absolute atomic E-state index is 13.6. The van der Waals surface area contributed by atoms with E-state index in [1.165, 1.54) is 24.3 Å². The van der Waals surface area contributed by atoms with Gasteiger partial charge in [-0.15, -0.1) is 0 Å². The number of hydrogen-bond acceptors (Lipinski definition) is 4. The SMILES string of the molecule is CN(C(=O)c1c(F)ccnc1Cl)c1ncnn1C. The highest BCUT2D eigenvalue weighted by molar-refractivity contribution is 6.33. The lowest BCUT2D eigenvalue weighted by molar-refractivity contribution is 0.0986. The minimum Gasteiger partial charge on any atom is -0.280 e. The molecule has 2 heterocycles. The Morgan fingerprint density at radius 1 is 1.50 bits per heavy atom. The Morgan fingerprint density at radius 3 is 2.78 bits per heavy atom. The monoisotopic (exact) mass is 269 g/mol. The van der Waals surface area contributed by atoms with Gasteiger partial charge in [0.15, 0.2) is 0 Å². The van der Waals surface area contributed by atoms with Crippen LogP contribution in [-0.4, -0.2) is 32.7 Å². The summed E-state index contributed by atoms with van der Waals surface area (Å²) in [6, 6.07) is 1.07. The molecule has 0 atom stereocenters. The highest BCUT2D eigenvalue weighted by atomic mass is 35.5. The molecular weight excluding hydrogens is 261 g/mol. The summed E-state index contributed by atoms with van der Waals surface area (Å²) in [5.74, 6) is -1.09. The highest BCUT2D eigenvalue weighted by Crippen LogP contribution is 2.19. The first-order valence-electron chi connectivity index (χ1n) is 4.94. The van der Waals surface area contributed by atoms with E-state index in [4.69, 9.17) is 11.6 Å². The fourth-order valence-electron chi connectivity index (χ4n) is 1.46. The van der Waals surface area contributed by atoms with Crippen molar-refractivity contribution in [1.29, 1.82) is 0 Å². The molecule has 0 aliphatic rings. The van der Waals surface area contributed by atoms with Gasteiger partial charge >= 0.3 is 0 Å². The van der Waals surface area contributed by atoms with Gasteiger partial charge in [0, 0.05) is 20.3 Å². The van der Waals surface area contributed by atoms with E-state index in [1.807, 2.05) is 0 Å². The molecule has 0 saturated heterocycles. The second-order valence-corrected chi connectivity index (χ2v) is 3.86. The Kier molecular flexibility index (Phi) is 3.24. The van der Waals surface area contributed by atoms with Crippen molar-refractivity contribution in [3.63, 3.8) is 0 Å². The molecule has 0 radical (unpaired) electrons. The molecular formula is C10H9ClFN5O. The molecule has 1 amide bonds. The Hall–Kier alpha value is -2.02.